The van der Waals surface area contributed by atoms with E-state index in [1.54, 1.807) is 0 Å². The van der Waals surface area contributed by atoms with Crippen molar-refractivity contribution in [3.8, 4) is 11.4 Å². The van der Waals surface area contributed by atoms with Gasteiger partial charge in [0, 0.05) is 38.6 Å². The van der Waals surface area contributed by atoms with Gasteiger partial charge in [0.25, 0.3) is 0 Å². The summed E-state index contributed by atoms with van der Waals surface area (Å²) in [6.07, 6.45) is 4.99. The van der Waals surface area contributed by atoms with Crippen molar-refractivity contribution in [3.63, 3.8) is 0 Å². The van der Waals surface area contributed by atoms with Crippen LogP contribution in [0.4, 0.5) is 0 Å². The first kappa shape index (κ1) is 26.2. The molecule has 0 bridgehead atoms. The second-order valence-corrected chi connectivity index (χ2v) is 8.68. The molecule has 28 heavy (non-hydrogen) atoms. The van der Waals surface area contributed by atoms with Gasteiger partial charge in [0.2, 0.25) is 0 Å². The molecule has 0 unspecified atom stereocenters. The maximum absolute atomic E-state index is 10.0. The Labute approximate surface area is 182 Å². The molecule has 0 amide bonds. The van der Waals surface area contributed by atoms with Gasteiger partial charge in [0.15, 0.2) is 5.78 Å². The summed E-state index contributed by atoms with van der Waals surface area (Å²) in [7, 11) is 0. The van der Waals surface area contributed by atoms with Crippen molar-refractivity contribution in [2.45, 2.75) is 66.2 Å². The molecule has 155 valence electrons. The van der Waals surface area contributed by atoms with Gasteiger partial charge in [-0.1, -0.05) is 41.5 Å². The average molecular weight is 560 g/mol. The molecule has 1 radical (unpaired) electrons. The number of hydrogen-bond acceptors (Lipinski definition) is 4. The molecule has 2 rings (SSSR count). The van der Waals surface area contributed by atoms with E-state index in [1.165, 1.54) is 25.5 Å². The van der Waals surface area contributed by atoms with E-state index < -0.39 is 0 Å². The third-order valence-corrected chi connectivity index (χ3v) is 3.85. The van der Waals surface area contributed by atoms with Crippen LogP contribution >= 0.6 is 0 Å². The Morgan fingerprint density at radius 2 is 1.46 bits per heavy atom. The van der Waals surface area contributed by atoms with E-state index in [4.69, 9.17) is 5.11 Å². The fourth-order valence-electron chi connectivity index (χ4n) is 2.18. The Bertz CT molecular complexity index is 722. The first-order valence-corrected chi connectivity index (χ1v) is 9.03. The summed E-state index contributed by atoms with van der Waals surface area (Å²) in [6, 6.07) is 9.51. The van der Waals surface area contributed by atoms with Gasteiger partial charge in [-0.05, 0) is 30.2 Å². The quantitative estimate of drug-likeness (QED) is 0.297. The number of ketones is 1. The normalized spacial score (nSPS) is 11.8. The van der Waals surface area contributed by atoms with Crippen LogP contribution in [0.1, 0.15) is 66.5 Å². The minimum absolute atomic E-state index is 0. The second kappa shape index (κ2) is 10.6. The van der Waals surface area contributed by atoms with Gasteiger partial charge in [0.1, 0.15) is 0 Å². The number of hydrogen-bond donors (Lipinski definition) is 1. The van der Waals surface area contributed by atoms with Gasteiger partial charge >= 0.3 is 0 Å². The van der Waals surface area contributed by atoms with E-state index in [1.807, 2.05) is 24.5 Å². The van der Waals surface area contributed by atoms with E-state index in [-0.39, 0.29) is 42.5 Å². The van der Waals surface area contributed by atoms with Crippen molar-refractivity contribution in [2.75, 3.05) is 0 Å². The summed E-state index contributed by atoms with van der Waals surface area (Å²) in [4.78, 5) is 18.9. The third kappa shape index (κ3) is 8.90. The summed E-state index contributed by atoms with van der Waals surface area (Å²) < 4.78 is 0. The molecule has 0 aliphatic carbocycles. The minimum Gasteiger partial charge on any atom is -0.512 e. The predicted octanol–water partition coefficient (Wildman–Crippen LogP) is 5.57. The molecule has 0 aliphatic heterocycles. The molecule has 0 aliphatic rings. The average Bonchev–Trinajstić information content (AvgIpc) is 2.53. The Balaban J connectivity index is 0.000000786. The van der Waals surface area contributed by atoms with Gasteiger partial charge in [-0.2, -0.15) is 0 Å². The zero-order chi connectivity index (χ0) is 20.8. The molecule has 0 saturated carbocycles. The largest absolute Gasteiger partial charge is 0.512 e. The van der Waals surface area contributed by atoms with Crippen molar-refractivity contribution >= 4 is 5.78 Å². The van der Waals surface area contributed by atoms with E-state index in [9.17, 15) is 4.79 Å². The summed E-state index contributed by atoms with van der Waals surface area (Å²) in [6.45, 7) is 15.9. The van der Waals surface area contributed by atoms with Crippen molar-refractivity contribution in [2.24, 2.45) is 0 Å². The molecule has 1 N–H and O–H groups in total. The van der Waals surface area contributed by atoms with E-state index in [0.717, 1.165) is 17.0 Å². The fraction of sp³-hybridized carbons (Fsp3) is 0.435. The Morgan fingerprint density at radius 1 is 0.964 bits per heavy atom. The van der Waals surface area contributed by atoms with Crippen LogP contribution in [0.15, 0.2) is 42.4 Å². The van der Waals surface area contributed by atoms with Crippen LogP contribution in [0.2, 0.25) is 0 Å². The van der Waals surface area contributed by atoms with Gasteiger partial charge in [0.05, 0.1) is 11.6 Å². The first-order valence-electron chi connectivity index (χ1n) is 9.03. The predicted molar refractivity (Wildman–Crippen MR) is 111 cm³/mol. The molecule has 0 saturated heterocycles. The molecule has 4 nitrogen and oxygen atoms in total. The van der Waals surface area contributed by atoms with Gasteiger partial charge in [-0.25, -0.2) is 0 Å². The maximum Gasteiger partial charge on any atom is 0.155 e. The van der Waals surface area contributed by atoms with Crippen molar-refractivity contribution < 1.29 is 30.0 Å². The van der Waals surface area contributed by atoms with Crippen molar-refractivity contribution in [1.82, 2.24) is 9.97 Å². The molecule has 2 aromatic rings. The number of carbonyl (C=O) groups excluding carboxylic acids is 1. The molecular weight excluding hydrogens is 528 g/mol. The monoisotopic (exact) mass is 560 g/mol. The Hall–Kier alpha value is -1.84. The van der Waals surface area contributed by atoms with E-state index >= 15 is 0 Å². The minimum atomic E-state index is -0.125. The standard InChI is InChI=1S/C18H23N2.C5H8O2.Ir/c1-17(2,3)14-9-7-13(8-10-14)16-19-11-15(12-20-16)18(4,5)6;1-4(6)3-5(2)7;/h7,9-12H,1-6H3;3,6H,1-2H3;/q-1;;. The molecule has 1 aromatic heterocycles. The van der Waals surface area contributed by atoms with Crippen LogP contribution in [-0.4, -0.2) is 20.9 Å². The Morgan fingerprint density at radius 3 is 1.75 bits per heavy atom. The van der Waals surface area contributed by atoms with Crippen LogP contribution in [-0.2, 0) is 35.7 Å². The number of benzene rings is 1. The molecule has 0 spiro atoms. The summed E-state index contributed by atoms with van der Waals surface area (Å²) in [5.41, 5.74) is 3.59. The summed E-state index contributed by atoms with van der Waals surface area (Å²) in [5, 5.41) is 8.36. The molecule has 1 heterocycles. The fourth-order valence-corrected chi connectivity index (χ4v) is 2.18. The number of aliphatic hydroxyl groups is 1. The topological polar surface area (TPSA) is 63.1 Å². The second-order valence-electron chi connectivity index (χ2n) is 8.68. The molecular formula is C23H31IrN2O2-. The zero-order valence-electron chi connectivity index (χ0n) is 18.0. The zero-order valence-corrected chi connectivity index (χ0v) is 20.4. The van der Waals surface area contributed by atoms with Crippen LogP contribution < -0.4 is 0 Å². The van der Waals surface area contributed by atoms with Crippen LogP contribution in [0.5, 0.6) is 0 Å². The summed E-state index contributed by atoms with van der Waals surface area (Å²) >= 11 is 0. The van der Waals surface area contributed by atoms with Crippen molar-refractivity contribution in [3.05, 3.63) is 59.6 Å². The number of aliphatic hydroxyl groups excluding tert-OH is 1. The van der Waals surface area contributed by atoms with Crippen molar-refractivity contribution in [1.29, 1.82) is 0 Å². The smallest absolute Gasteiger partial charge is 0.155 e. The maximum atomic E-state index is 10.0. The third-order valence-electron chi connectivity index (χ3n) is 3.85. The number of rotatable bonds is 2. The number of allylic oxidation sites excluding steroid dienone is 2. The van der Waals surface area contributed by atoms with Crippen LogP contribution in [0.3, 0.4) is 0 Å². The SMILES string of the molecule is CC(=O)C=C(C)O.CC(C)(C)c1c[c-]c(-c2ncc(C(C)(C)C)cn2)cc1.[Ir]. The molecule has 1 aromatic carbocycles. The number of carbonyl (C=O) groups is 1. The molecule has 5 heteroatoms. The van der Waals surface area contributed by atoms with Crippen LogP contribution in [0, 0.1) is 6.07 Å². The van der Waals surface area contributed by atoms with Gasteiger partial charge < -0.3 is 5.11 Å². The van der Waals surface area contributed by atoms with Gasteiger partial charge in [-0.15, -0.1) is 35.4 Å². The summed E-state index contributed by atoms with van der Waals surface area (Å²) in [5.74, 6) is 0.672. The van der Waals surface area contributed by atoms with Crippen LogP contribution in [0.25, 0.3) is 11.4 Å². The number of nitrogens with zero attached hydrogens (tertiary/aromatic N) is 2. The first-order chi connectivity index (χ1) is 12.3. The molecule has 0 atom stereocenters. The Kier molecular flexibility index (Phi) is 9.94. The van der Waals surface area contributed by atoms with E-state index in [0.29, 0.717) is 0 Å². The van der Waals surface area contributed by atoms with Gasteiger partial charge in [-0.3, -0.25) is 14.8 Å². The number of aromatic nitrogens is 2. The van der Waals surface area contributed by atoms with E-state index in [2.05, 4.69) is 63.6 Å². The molecule has 0 fully saturated rings.